The van der Waals surface area contributed by atoms with Gasteiger partial charge in [-0.2, -0.15) is 0 Å². The quantitative estimate of drug-likeness (QED) is 0.390. The predicted octanol–water partition coefficient (Wildman–Crippen LogP) is -8.99. The third-order valence-electron chi connectivity index (χ3n) is 0. The zero-order chi connectivity index (χ0) is 0. The van der Waals surface area contributed by atoms with Crippen LogP contribution in [0.1, 0.15) is 0 Å². The van der Waals surface area contributed by atoms with E-state index in [1.807, 2.05) is 0 Å². The van der Waals surface area contributed by atoms with E-state index in [9.17, 15) is 0 Å². The van der Waals surface area contributed by atoms with Crippen LogP contribution in [0.2, 0.25) is 0 Å². The molecule has 0 bridgehead atoms. The Hall–Kier alpha value is 1.96. The number of hydrogen-bond acceptors (Lipinski definition) is 0. The first-order chi connectivity index (χ1) is 0. The molecule has 0 saturated heterocycles. The summed E-state index contributed by atoms with van der Waals surface area (Å²) in [7, 11) is 0. The molecule has 0 aliphatic carbocycles. The van der Waals surface area contributed by atoms with Crippen LogP contribution in [0.15, 0.2) is 0 Å². The fraction of sp³-hybridized carbons (Fsp3) is 0. The van der Waals surface area contributed by atoms with Gasteiger partial charge in [-0.3, -0.25) is 0 Å². The van der Waals surface area contributed by atoms with Crippen LogP contribution in [-0.2, 0) is 17.1 Å². The monoisotopic (exact) mass is 300 g/mol. The normalized spacial score (nSPS) is 0. The van der Waals surface area contributed by atoms with Crippen molar-refractivity contribution in [3.63, 3.8) is 0 Å². The standard InChI is InChI=1S/3BrH.Cu/h3*1H;/p-3. The summed E-state index contributed by atoms with van der Waals surface area (Å²) in [6, 6.07) is 0. The third-order valence-corrected chi connectivity index (χ3v) is 0. The molecule has 0 aromatic heterocycles. The van der Waals surface area contributed by atoms with Gasteiger partial charge in [-0.05, 0) is 0 Å². The maximum Gasteiger partial charge on any atom is 0 e. The molecular weight excluding hydrogens is 303 g/mol. The van der Waals surface area contributed by atoms with Gasteiger partial charge >= 0.3 is 0 Å². The number of hydrogen-bond donors (Lipinski definition) is 0. The van der Waals surface area contributed by atoms with Crippen molar-refractivity contribution in [3.05, 3.63) is 0 Å². The average molecular weight is 303 g/mol. The van der Waals surface area contributed by atoms with Crippen molar-refractivity contribution in [1.29, 1.82) is 0 Å². The van der Waals surface area contributed by atoms with Crippen molar-refractivity contribution in [2.45, 2.75) is 0 Å². The molecule has 0 fully saturated rings. The van der Waals surface area contributed by atoms with Gasteiger partial charge in [-0.15, -0.1) is 0 Å². The van der Waals surface area contributed by atoms with E-state index in [0.717, 1.165) is 0 Å². The molecule has 4 heavy (non-hydrogen) atoms. The minimum Gasteiger partial charge on any atom is -1.00 e. The fourth-order valence-electron chi connectivity index (χ4n) is 0. The summed E-state index contributed by atoms with van der Waals surface area (Å²) in [5, 5.41) is 0. The molecule has 1 radical (unpaired) electrons. The molecule has 0 N–H and O–H groups in total. The van der Waals surface area contributed by atoms with Gasteiger partial charge in [0.25, 0.3) is 0 Å². The second kappa shape index (κ2) is 20.3. The Morgan fingerprint density at radius 3 is 0.500 bits per heavy atom. The summed E-state index contributed by atoms with van der Waals surface area (Å²) in [6.45, 7) is 0. The topological polar surface area (TPSA) is 0 Å². The van der Waals surface area contributed by atoms with Crippen molar-refractivity contribution in [3.8, 4) is 0 Å². The summed E-state index contributed by atoms with van der Waals surface area (Å²) in [5.41, 5.74) is 0. The van der Waals surface area contributed by atoms with Gasteiger partial charge in [-0.1, -0.05) is 0 Å². The summed E-state index contributed by atoms with van der Waals surface area (Å²) in [6.07, 6.45) is 0. The van der Waals surface area contributed by atoms with Crippen molar-refractivity contribution in [2.75, 3.05) is 0 Å². The minimum atomic E-state index is 0. The maximum absolute atomic E-state index is 0. The Balaban J connectivity index is 0. The molecule has 0 rings (SSSR count). The van der Waals surface area contributed by atoms with E-state index < -0.39 is 0 Å². The molecule has 0 unspecified atom stereocenters. The Bertz CT molecular complexity index is 3.25. The molecule has 0 saturated carbocycles. The smallest absolute Gasteiger partial charge is 0 e. The molecule has 0 atom stereocenters. The number of halogens is 3. The molecule has 35 valence electrons. The molecule has 0 aromatic rings. The Morgan fingerprint density at radius 1 is 0.500 bits per heavy atom. The van der Waals surface area contributed by atoms with Crippen molar-refractivity contribution in [2.24, 2.45) is 0 Å². The van der Waals surface area contributed by atoms with Crippen LogP contribution in [-0.4, -0.2) is 0 Å². The largest absolute Gasteiger partial charge is 1.00 e. The molecular formula is Br3Cu-3. The second-order valence-corrected chi connectivity index (χ2v) is 0. The van der Waals surface area contributed by atoms with Gasteiger partial charge in [-0.25, -0.2) is 0 Å². The van der Waals surface area contributed by atoms with Gasteiger partial charge in [0.15, 0.2) is 0 Å². The first kappa shape index (κ1) is 38.2. The zero-order valence-electron chi connectivity index (χ0n) is 1.44. The fourth-order valence-corrected chi connectivity index (χ4v) is 0. The van der Waals surface area contributed by atoms with E-state index in [0.29, 0.717) is 0 Å². The van der Waals surface area contributed by atoms with Gasteiger partial charge in [0.2, 0.25) is 0 Å². The van der Waals surface area contributed by atoms with Crippen LogP contribution in [0.3, 0.4) is 0 Å². The van der Waals surface area contributed by atoms with Crippen molar-refractivity contribution < 1.29 is 68.0 Å². The van der Waals surface area contributed by atoms with E-state index in [1.165, 1.54) is 0 Å². The van der Waals surface area contributed by atoms with E-state index in [1.54, 1.807) is 0 Å². The van der Waals surface area contributed by atoms with Gasteiger partial charge in [0, 0.05) is 17.1 Å². The second-order valence-electron chi connectivity index (χ2n) is 0. The van der Waals surface area contributed by atoms with Gasteiger partial charge in [0.1, 0.15) is 0 Å². The first-order valence-corrected chi connectivity index (χ1v) is 0. The van der Waals surface area contributed by atoms with Crippen LogP contribution in [0, 0.1) is 0 Å². The van der Waals surface area contributed by atoms with Crippen LogP contribution in [0.4, 0.5) is 0 Å². The molecule has 0 spiro atoms. The Kier molecular flexibility index (Phi) is 193. The minimum absolute atomic E-state index is 0. The number of rotatable bonds is 0. The molecule has 0 heterocycles. The van der Waals surface area contributed by atoms with E-state index in [2.05, 4.69) is 0 Å². The third kappa shape index (κ3) is 9.03. The van der Waals surface area contributed by atoms with Crippen LogP contribution in [0.25, 0.3) is 0 Å². The van der Waals surface area contributed by atoms with E-state index >= 15 is 0 Å². The van der Waals surface area contributed by atoms with Crippen LogP contribution in [0.5, 0.6) is 0 Å². The summed E-state index contributed by atoms with van der Waals surface area (Å²) in [5.74, 6) is 0. The van der Waals surface area contributed by atoms with Crippen molar-refractivity contribution in [1.82, 2.24) is 0 Å². The molecule has 0 aromatic carbocycles. The Labute approximate surface area is 67.5 Å². The summed E-state index contributed by atoms with van der Waals surface area (Å²) in [4.78, 5) is 0. The average Bonchev–Trinajstić information content (AvgIpc) is 0. The molecule has 0 nitrogen and oxygen atoms in total. The van der Waals surface area contributed by atoms with Gasteiger partial charge in [0.05, 0.1) is 0 Å². The maximum atomic E-state index is 0. The van der Waals surface area contributed by atoms with Crippen LogP contribution >= 0.6 is 0 Å². The van der Waals surface area contributed by atoms with Crippen molar-refractivity contribution >= 4 is 0 Å². The van der Waals surface area contributed by atoms with E-state index in [-0.39, 0.29) is 68.0 Å². The summed E-state index contributed by atoms with van der Waals surface area (Å²) >= 11 is 0. The van der Waals surface area contributed by atoms with Gasteiger partial charge < -0.3 is 50.9 Å². The predicted molar refractivity (Wildman–Crippen MR) is 0 cm³/mol. The van der Waals surface area contributed by atoms with Crippen LogP contribution < -0.4 is 50.9 Å². The zero-order valence-corrected chi connectivity index (χ0v) is 7.14. The van der Waals surface area contributed by atoms with E-state index in [4.69, 9.17) is 0 Å². The molecule has 0 aliphatic heterocycles. The molecule has 4 heteroatoms. The SMILES string of the molecule is [Br-].[Br-].[Br-].[Cu]. The first-order valence-electron chi connectivity index (χ1n) is 0. The molecule has 0 aliphatic rings. The molecule has 0 amide bonds. The summed E-state index contributed by atoms with van der Waals surface area (Å²) < 4.78 is 0. The Morgan fingerprint density at radius 2 is 0.500 bits per heavy atom.